The number of carbonyl (C=O) groups is 2. The second kappa shape index (κ2) is 5.13. The van der Waals surface area contributed by atoms with Gasteiger partial charge in [-0.05, 0) is 17.7 Å². The van der Waals surface area contributed by atoms with Crippen LogP contribution in [0.3, 0.4) is 0 Å². The molecule has 2 saturated heterocycles. The molecular formula is C14H17N3O3. The molecule has 20 heavy (non-hydrogen) atoms. The molecule has 1 atom stereocenters. The number of amides is 2. The first-order chi connectivity index (χ1) is 9.65. The fraction of sp³-hybridized carbons (Fsp3) is 0.429. The minimum atomic E-state index is -0.933. The van der Waals surface area contributed by atoms with Gasteiger partial charge in [0.25, 0.3) is 0 Å². The average Bonchev–Trinajstić information content (AvgIpc) is 2.77. The average molecular weight is 275 g/mol. The van der Waals surface area contributed by atoms with Crippen LogP contribution in [0, 0.1) is 0 Å². The number of fused-ring (bicyclic) bond motifs is 1. The maximum absolute atomic E-state index is 12.2. The predicted octanol–water partition coefficient (Wildman–Crippen LogP) is 0.594. The lowest BCUT2D eigenvalue weighted by Crippen LogP contribution is -2.49. The van der Waals surface area contributed by atoms with Crippen molar-refractivity contribution in [2.45, 2.75) is 12.6 Å². The highest BCUT2D eigenvalue weighted by Gasteiger charge is 2.38. The number of piperazine rings is 1. The number of nitrogens with zero attached hydrogens (tertiary/aromatic N) is 2. The van der Waals surface area contributed by atoms with Gasteiger partial charge in [0.05, 0.1) is 11.6 Å². The molecule has 0 aliphatic carbocycles. The molecule has 2 aliphatic rings. The molecule has 6 nitrogen and oxygen atoms in total. The van der Waals surface area contributed by atoms with Gasteiger partial charge in [-0.25, -0.2) is 9.59 Å². The predicted molar refractivity (Wildman–Crippen MR) is 72.6 cm³/mol. The van der Waals surface area contributed by atoms with Crippen LogP contribution in [0.2, 0.25) is 0 Å². The molecule has 0 spiro atoms. The third-order valence-corrected chi connectivity index (χ3v) is 3.87. The molecule has 2 aliphatic heterocycles. The van der Waals surface area contributed by atoms with Gasteiger partial charge in [-0.15, -0.1) is 0 Å². The Morgan fingerprint density at radius 2 is 2.10 bits per heavy atom. The molecule has 0 aromatic heterocycles. The number of urea groups is 1. The summed E-state index contributed by atoms with van der Waals surface area (Å²) in [4.78, 5) is 26.8. The maximum atomic E-state index is 12.2. The molecule has 3 rings (SSSR count). The minimum absolute atomic E-state index is 0.0822. The van der Waals surface area contributed by atoms with E-state index in [9.17, 15) is 9.59 Å². The molecule has 6 heteroatoms. The smallest absolute Gasteiger partial charge is 0.335 e. The Balaban J connectivity index is 1.68. The number of benzene rings is 1. The molecule has 2 N–H and O–H groups in total. The van der Waals surface area contributed by atoms with Gasteiger partial charge in [-0.2, -0.15) is 0 Å². The summed E-state index contributed by atoms with van der Waals surface area (Å²) in [5, 5.41) is 12.2. The Hall–Kier alpha value is -2.08. The zero-order chi connectivity index (χ0) is 14.1. The van der Waals surface area contributed by atoms with E-state index in [2.05, 4.69) is 5.32 Å². The van der Waals surface area contributed by atoms with E-state index in [1.807, 2.05) is 9.80 Å². The highest BCUT2D eigenvalue weighted by molar-refractivity contribution is 5.87. The van der Waals surface area contributed by atoms with Gasteiger partial charge in [0.1, 0.15) is 0 Å². The molecular weight excluding hydrogens is 258 g/mol. The Bertz CT molecular complexity index is 529. The fourth-order valence-corrected chi connectivity index (χ4v) is 2.80. The lowest BCUT2D eigenvalue weighted by atomic mass is 10.1. The lowest BCUT2D eigenvalue weighted by molar-refractivity contribution is 0.0697. The SMILES string of the molecule is O=C(O)c1ccc(CN2CC3CNCCN3C2=O)cc1. The number of carboxylic acids is 1. The molecule has 0 bridgehead atoms. The van der Waals surface area contributed by atoms with E-state index in [0.717, 1.165) is 31.7 Å². The van der Waals surface area contributed by atoms with Crippen LogP contribution in [0.25, 0.3) is 0 Å². The largest absolute Gasteiger partial charge is 0.478 e. The molecule has 1 unspecified atom stereocenters. The van der Waals surface area contributed by atoms with E-state index >= 15 is 0 Å². The fourth-order valence-electron chi connectivity index (χ4n) is 2.80. The van der Waals surface area contributed by atoms with E-state index in [0.29, 0.717) is 6.54 Å². The van der Waals surface area contributed by atoms with Crippen molar-refractivity contribution < 1.29 is 14.7 Å². The standard InChI is InChI=1S/C14H17N3O3/c18-13(19)11-3-1-10(2-4-11)8-16-9-12-7-15-5-6-17(12)14(16)20/h1-4,12,15H,5-9H2,(H,18,19). The topological polar surface area (TPSA) is 72.9 Å². The zero-order valence-corrected chi connectivity index (χ0v) is 11.1. The molecule has 106 valence electrons. The van der Waals surface area contributed by atoms with Crippen molar-refractivity contribution in [3.63, 3.8) is 0 Å². The van der Waals surface area contributed by atoms with Gasteiger partial charge < -0.3 is 20.2 Å². The van der Waals surface area contributed by atoms with Crippen LogP contribution in [0.15, 0.2) is 24.3 Å². The van der Waals surface area contributed by atoms with E-state index in [-0.39, 0.29) is 17.6 Å². The Morgan fingerprint density at radius 1 is 1.35 bits per heavy atom. The Morgan fingerprint density at radius 3 is 2.75 bits per heavy atom. The quantitative estimate of drug-likeness (QED) is 0.847. The van der Waals surface area contributed by atoms with Crippen molar-refractivity contribution in [1.82, 2.24) is 15.1 Å². The van der Waals surface area contributed by atoms with Crippen LogP contribution in [-0.2, 0) is 6.54 Å². The molecule has 0 radical (unpaired) electrons. The van der Waals surface area contributed by atoms with Gasteiger partial charge in [-0.3, -0.25) is 0 Å². The third kappa shape index (κ3) is 2.34. The van der Waals surface area contributed by atoms with E-state index in [1.54, 1.807) is 24.3 Å². The van der Waals surface area contributed by atoms with Crippen molar-refractivity contribution in [2.75, 3.05) is 26.2 Å². The molecule has 2 heterocycles. The van der Waals surface area contributed by atoms with E-state index in [1.165, 1.54) is 0 Å². The van der Waals surface area contributed by atoms with Crippen molar-refractivity contribution in [1.29, 1.82) is 0 Å². The number of carboxylic acid groups (broad SMARTS) is 1. The highest BCUT2D eigenvalue weighted by Crippen LogP contribution is 2.20. The summed E-state index contributed by atoms with van der Waals surface area (Å²) in [6.45, 7) is 3.72. The first-order valence-electron chi connectivity index (χ1n) is 6.73. The summed E-state index contributed by atoms with van der Waals surface area (Å²) in [5.41, 5.74) is 1.22. The summed E-state index contributed by atoms with van der Waals surface area (Å²) >= 11 is 0. The number of nitrogens with one attached hydrogen (secondary N) is 1. The van der Waals surface area contributed by atoms with Crippen LogP contribution in [0.4, 0.5) is 4.79 Å². The summed E-state index contributed by atoms with van der Waals surface area (Å²) < 4.78 is 0. The lowest BCUT2D eigenvalue weighted by Gasteiger charge is -2.28. The number of rotatable bonds is 3. The van der Waals surface area contributed by atoms with Crippen molar-refractivity contribution >= 4 is 12.0 Å². The van der Waals surface area contributed by atoms with Crippen molar-refractivity contribution in [3.8, 4) is 0 Å². The number of carbonyl (C=O) groups excluding carboxylic acids is 1. The summed E-state index contributed by atoms with van der Waals surface area (Å²) in [6, 6.07) is 7.03. The Labute approximate surface area is 117 Å². The van der Waals surface area contributed by atoms with Gasteiger partial charge in [0, 0.05) is 32.7 Å². The first kappa shape index (κ1) is 12.9. The van der Waals surface area contributed by atoms with Crippen LogP contribution >= 0.6 is 0 Å². The number of aromatic carboxylic acids is 1. The van der Waals surface area contributed by atoms with Crippen molar-refractivity contribution in [2.24, 2.45) is 0 Å². The summed E-state index contributed by atoms with van der Waals surface area (Å²) in [5.74, 6) is -0.933. The van der Waals surface area contributed by atoms with Gasteiger partial charge in [-0.1, -0.05) is 12.1 Å². The molecule has 0 saturated carbocycles. The molecule has 2 fully saturated rings. The second-order valence-corrected chi connectivity index (χ2v) is 5.22. The maximum Gasteiger partial charge on any atom is 0.335 e. The van der Waals surface area contributed by atoms with E-state index < -0.39 is 5.97 Å². The van der Waals surface area contributed by atoms with Gasteiger partial charge in [0.2, 0.25) is 0 Å². The van der Waals surface area contributed by atoms with Crippen molar-refractivity contribution in [3.05, 3.63) is 35.4 Å². The Kier molecular flexibility index (Phi) is 3.31. The van der Waals surface area contributed by atoms with Crippen LogP contribution in [0.5, 0.6) is 0 Å². The normalized spacial score (nSPS) is 22.0. The summed E-state index contributed by atoms with van der Waals surface area (Å²) in [7, 11) is 0. The first-order valence-corrected chi connectivity index (χ1v) is 6.73. The minimum Gasteiger partial charge on any atom is -0.478 e. The highest BCUT2D eigenvalue weighted by atomic mass is 16.4. The monoisotopic (exact) mass is 275 g/mol. The molecule has 1 aromatic rings. The number of hydrogen-bond donors (Lipinski definition) is 2. The van der Waals surface area contributed by atoms with Crippen LogP contribution in [-0.4, -0.2) is 59.1 Å². The van der Waals surface area contributed by atoms with Gasteiger partial charge >= 0.3 is 12.0 Å². The van der Waals surface area contributed by atoms with Crippen LogP contribution < -0.4 is 5.32 Å². The zero-order valence-electron chi connectivity index (χ0n) is 11.1. The summed E-state index contributed by atoms with van der Waals surface area (Å²) in [6.07, 6.45) is 0. The molecule has 2 amide bonds. The van der Waals surface area contributed by atoms with E-state index in [4.69, 9.17) is 5.11 Å². The van der Waals surface area contributed by atoms with Crippen LogP contribution in [0.1, 0.15) is 15.9 Å². The van der Waals surface area contributed by atoms with Gasteiger partial charge in [0.15, 0.2) is 0 Å². The third-order valence-electron chi connectivity index (χ3n) is 3.87. The number of hydrogen-bond acceptors (Lipinski definition) is 3. The second-order valence-electron chi connectivity index (χ2n) is 5.22. The molecule has 1 aromatic carbocycles.